The summed E-state index contributed by atoms with van der Waals surface area (Å²) >= 11 is 0. The Bertz CT molecular complexity index is 1320. The van der Waals surface area contributed by atoms with Crippen LogP contribution in [0.15, 0.2) is 121 Å². The summed E-state index contributed by atoms with van der Waals surface area (Å²) < 4.78 is 0. The number of carbonyl (C=O) groups is 2. The summed E-state index contributed by atoms with van der Waals surface area (Å²) in [7, 11) is 12.4. The van der Waals surface area contributed by atoms with E-state index in [-0.39, 0.29) is 33.0 Å². The number of likely N-dealkylation sites (N-methyl/N-ethyl adjacent to an activating group) is 2. The van der Waals surface area contributed by atoms with E-state index in [1.165, 1.54) is 21.9 Å². The molecule has 0 bridgehead atoms. The maximum absolute atomic E-state index is 12.0. The van der Waals surface area contributed by atoms with Gasteiger partial charge in [-0.3, -0.25) is 0 Å². The van der Waals surface area contributed by atoms with Crippen LogP contribution in [0.25, 0.3) is 0 Å². The zero-order valence-corrected chi connectivity index (χ0v) is 35.8. The Morgan fingerprint density at radius 1 is 0.491 bits per heavy atom. The van der Waals surface area contributed by atoms with Crippen molar-refractivity contribution in [3.8, 4) is 0 Å². The maximum atomic E-state index is 12.0. The fourth-order valence-electron chi connectivity index (χ4n) is 6.37. The average molecular weight is 842 g/mol. The molecule has 0 fully saturated rings. The van der Waals surface area contributed by atoms with Gasteiger partial charge in [0, 0.05) is 11.9 Å². The maximum Gasteiger partial charge on any atom is 2.00 e. The van der Waals surface area contributed by atoms with E-state index >= 15 is 0 Å². The van der Waals surface area contributed by atoms with Gasteiger partial charge in [-0.05, 0) is 108 Å². The Hall–Kier alpha value is -3.33. The van der Waals surface area contributed by atoms with E-state index < -0.39 is 24.2 Å². The molecule has 4 aromatic carbocycles. The quantitative estimate of drug-likeness (QED) is 0.145. The number of rotatable bonds is 16. The Morgan fingerprint density at radius 2 is 0.709 bits per heavy atom. The summed E-state index contributed by atoms with van der Waals surface area (Å²) in [4.78, 5) is 26.5. The van der Waals surface area contributed by atoms with Crippen LogP contribution in [0, 0.1) is 0 Å². The van der Waals surface area contributed by atoms with E-state index in [1.54, 1.807) is 0 Å². The number of nitrogens with zero attached hydrogens (tertiary/aromatic N) is 4. The summed E-state index contributed by atoms with van der Waals surface area (Å²) in [6, 6.07) is 43.5. The van der Waals surface area contributed by atoms with Crippen LogP contribution in [0.3, 0.4) is 0 Å². The monoisotopic (exact) mass is 840 g/mol. The molecule has 12 heteroatoms. The molecule has 0 spiro atoms. The van der Waals surface area contributed by atoms with Crippen LogP contribution in [-0.2, 0) is 42.6 Å². The molecule has 0 N–H and O–H groups in total. The second-order valence-electron chi connectivity index (χ2n) is 14.0. The van der Waals surface area contributed by atoms with Crippen LogP contribution < -0.4 is 37.2 Å². The third-order valence-corrected chi connectivity index (χ3v) is 8.52. The molecule has 306 valence electrons. The van der Waals surface area contributed by atoms with Gasteiger partial charge in [-0.25, -0.2) is 0 Å². The van der Waals surface area contributed by atoms with Gasteiger partial charge in [0.15, 0.2) is 0 Å². The van der Waals surface area contributed by atoms with Crippen molar-refractivity contribution in [3.05, 3.63) is 121 Å². The Labute approximate surface area is 351 Å². The van der Waals surface area contributed by atoms with Crippen molar-refractivity contribution in [1.29, 1.82) is 0 Å². The van der Waals surface area contributed by atoms with Gasteiger partial charge in [-0.2, -0.15) is 21.9 Å². The van der Waals surface area contributed by atoms with Crippen LogP contribution >= 0.6 is 0 Å². The molecule has 0 heterocycles. The average Bonchev–Trinajstić information content (AvgIpc) is 3.10. The molecule has 4 aromatic rings. The minimum absolute atomic E-state index is 0. The predicted molar refractivity (Wildman–Crippen MR) is 217 cm³/mol. The van der Waals surface area contributed by atoms with Crippen LogP contribution in [0.1, 0.15) is 26.7 Å². The van der Waals surface area contributed by atoms with E-state index in [0.717, 1.165) is 52.9 Å². The molecular formula is C43H61BN4Ni2O5. The summed E-state index contributed by atoms with van der Waals surface area (Å²) in [5.74, 6) is -2.17. The van der Waals surface area contributed by atoms with Crippen molar-refractivity contribution in [3.63, 3.8) is 0 Å². The van der Waals surface area contributed by atoms with Crippen molar-refractivity contribution in [2.45, 2.75) is 32.8 Å². The first-order valence-electron chi connectivity index (χ1n) is 18.2. The molecule has 0 aliphatic carbocycles. The van der Waals surface area contributed by atoms with Gasteiger partial charge in [-0.1, -0.05) is 121 Å². The molecule has 0 unspecified atom stereocenters. The van der Waals surface area contributed by atoms with Gasteiger partial charge in [0.25, 0.3) is 0 Å². The molecule has 4 rings (SSSR count). The second-order valence-corrected chi connectivity index (χ2v) is 14.0. The van der Waals surface area contributed by atoms with Crippen LogP contribution in [0.2, 0.25) is 0 Å². The van der Waals surface area contributed by atoms with Crippen molar-refractivity contribution >= 4 is 39.9 Å². The molecule has 0 atom stereocenters. The summed E-state index contributed by atoms with van der Waals surface area (Å²) in [5.41, 5.74) is 5.36. The first kappa shape index (κ1) is 53.8. The third kappa shape index (κ3) is 22.7. The van der Waals surface area contributed by atoms with Crippen LogP contribution in [0.4, 0.5) is 0 Å². The van der Waals surface area contributed by atoms with Gasteiger partial charge in [-0.15, -0.1) is 6.10 Å². The van der Waals surface area contributed by atoms with E-state index in [9.17, 15) is 5.11 Å². The Kier molecular flexibility index (Phi) is 30.2. The van der Waals surface area contributed by atoms with E-state index in [4.69, 9.17) is 19.8 Å². The normalized spacial score (nSPS) is 10.6. The molecule has 9 nitrogen and oxygen atoms in total. The molecule has 55 heavy (non-hydrogen) atoms. The van der Waals surface area contributed by atoms with Gasteiger partial charge in [0.05, 0.1) is 0 Å². The smallest absolute Gasteiger partial charge is 0.850 e. The van der Waals surface area contributed by atoms with Gasteiger partial charge < -0.3 is 44.5 Å². The summed E-state index contributed by atoms with van der Waals surface area (Å²) in [5, 5.41) is 29.8. The van der Waals surface area contributed by atoms with E-state index in [0.29, 0.717) is 13.1 Å². The third-order valence-electron chi connectivity index (χ3n) is 8.52. The van der Waals surface area contributed by atoms with Gasteiger partial charge in [0.2, 0.25) is 0 Å². The fourth-order valence-corrected chi connectivity index (χ4v) is 6.37. The predicted octanol–water partition coefficient (Wildman–Crippen LogP) is 0.0537. The van der Waals surface area contributed by atoms with Crippen molar-refractivity contribution < 1.29 is 57.9 Å². The minimum Gasteiger partial charge on any atom is -0.850 e. The second kappa shape index (κ2) is 30.8. The molecule has 0 saturated heterocycles. The number of carbonyl (C=O) groups excluding carboxylic acids is 2. The van der Waals surface area contributed by atoms with Crippen molar-refractivity contribution in [2.24, 2.45) is 0 Å². The first-order chi connectivity index (χ1) is 25.2. The molecule has 0 aliphatic heterocycles. The van der Waals surface area contributed by atoms with Gasteiger partial charge in [0.1, 0.15) is 6.15 Å². The van der Waals surface area contributed by atoms with Gasteiger partial charge >= 0.3 is 33.0 Å². The topological polar surface area (TPSA) is 116 Å². The molecule has 0 aromatic heterocycles. The summed E-state index contributed by atoms with van der Waals surface area (Å²) in [6.45, 7) is 7.40. The van der Waals surface area contributed by atoms with Crippen LogP contribution in [0.5, 0.6) is 0 Å². The molecule has 0 saturated carbocycles. The summed E-state index contributed by atoms with van der Waals surface area (Å²) in [6.07, 6.45) is 0.514. The number of hydrogen-bond donors (Lipinski definition) is 0. The Balaban J connectivity index is 0. The van der Waals surface area contributed by atoms with Crippen molar-refractivity contribution in [2.75, 3.05) is 81.6 Å². The number of aliphatic carboxylic acids is 2. The first-order valence-corrected chi connectivity index (χ1v) is 18.2. The molecule has 0 amide bonds. The number of benzene rings is 4. The molecule has 0 aliphatic rings. The fraction of sp³-hybridized carbons (Fsp3) is 0.395. The van der Waals surface area contributed by atoms with E-state index in [2.05, 4.69) is 169 Å². The number of carboxylic acid groups (broad SMARTS) is 2. The van der Waals surface area contributed by atoms with Crippen molar-refractivity contribution in [1.82, 2.24) is 19.6 Å². The van der Waals surface area contributed by atoms with E-state index in [1.807, 2.05) is 14.1 Å². The molecular weight excluding hydrogens is 781 g/mol. The van der Waals surface area contributed by atoms with Crippen LogP contribution in [-0.4, -0.2) is 125 Å². The molecule has 0 radical (unpaired) electrons. The SMILES string of the molecule is CC(=O)[O-].CC(=O)[O-].CN(C)CCCN(C)CC([O-])CN(C)CCCN(C)C.[Ni+2].[Ni+2].c1ccc([B-](c2ccccc2)(c2ccccc2)c2ccccc2)cc1. The standard InChI is InChI=1S/C24H20B.C15H35N4O.2C2H4O2.2Ni/c1-5-13-21(14-6-1)25(22-15-7-2-8-16-22,23-17-9-3-10-18-23)24-19-11-4-12-20-24;1-16(2)9-7-11-18(5)13-15(20)14-19(6)12-8-10-17(3)4;2*1-2(3)4;;/h1-20H;15H,7-14H2,1-6H3;2*1H3,(H,3,4);;/q2*-1;;;2*+2/p-2. The zero-order valence-electron chi connectivity index (χ0n) is 33.8. The number of hydrogen-bond acceptors (Lipinski definition) is 9. The largest absolute Gasteiger partial charge is 2.00 e. The zero-order chi connectivity index (χ0) is 39.6. The number of carboxylic acids is 2. The Morgan fingerprint density at radius 3 is 0.909 bits per heavy atom. The minimum atomic E-state index is -1.22.